The quantitative estimate of drug-likeness (QED) is 0.771. The van der Waals surface area contributed by atoms with E-state index < -0.39 is 0 Å². The average molecular weight is 338 g/mol. The summed E-state index contributed by atoms with van der Waals surface area (Å²) in [6.45, 7) is 9.91. The van der Waals surface area contributed by atoms with Crippen LogP contribution in [0.1, 0.15) is 51.4 Å². The molecule has 0 aromatic carbocycles. The highest BCUT2D eigenvalue weighted by Gasteiger charge is 2.50. The molecule has 1 aliphatic carbocycles. The molecule has 0 N–H and O–H groups in total. The molecule has 1 atom stereocenters. The molecular formula is C20H26N4O. The van der Waals surface area contributed by atoms with Crippen LogP contribution in [0.4, 0.5) is 11.5 Å². The van der Waals surface area contributed by atoms with Crippen LogP contribution < -0.4 is 4.90 Å². The van der Waals surface area contributed by atoms with Crippen molar-refractivity contribution in [2.45, 2.75) is 57.4 Å². The Balaban J connectivity index is 1.54. The Hall–Kier alpha value is -2.09. The summed E-state index contributed by atoms with van der Waals surface area (Å²) in [4.78, 5) is 25.8. The fourth-order valence-corrected chi connectivity index (χ4v) is 5.00. The van der Waals surface area contributed by atoms with Crippen LogP contribution >= 0.6 is 0 Å². The third-order valence-electron chi connectivity index (χ3n) is 6.32. The van der Waals surface area contributed by atoms with Crippen LogP contribution in [0.15, 0.2) is 18.3 Å². The Bertz CT molecular complexity index is 691. The van der Waals surface area contributed by atoms with E-state index in [-0.39, 0.29) is 5.41 Å². The predicted molar refractivity (Wildman–Crippen MR) is 97.6 cm³/mol. The second-order valence-corrected chi connectivity index (χ2v) is 7.80. The molecule has 4 rings (SSSR count). The third-order valence-corrected chi connectivity index (χ3v) is 6.32. The predicted octanol–water partition coefficient (Wildman–Crippen LogP) is 3.78. The summed E-state index contributed by atoms with van der Waals surface area (Å²) in [6.07, 6.45) is 10.9. The van der Waals surface area contributed by atoms with E-state index in [1.54, 1.807) is 6.20 Å². The molecule has 132 valence electrons. The molecule has 2 saturated heterocycles. The number of hydrogen-bond donors (Lipinski definition) is 0. The van der Waals surface area contributed by atoms with E-state index in [1.807, 2.05) is 12.1 Å². The van der Waals surface area contributed by atoms with Crippen LogP contribution in [-0.2, 0) is 4.79 Å². The summed E-state index contributed by atoms with van der Waals surface area (Å²) >= 11 is 0. The summed E-state index contributed by atoms with van der Waals surface area (Å²) < 4.78 is 0. The smallest absolute Gasteiger partial charge is 0.230 e. The summed E-state index contributed by atoms with van der Waals surface area (Å²) in [7, 11) is 0. The third kappa shape index (κ3) is 2.88. The van der Waals surface area contributed by atoms with Crippen molar-refractivity contribution < 1.29 is 4.79 Å². The van der Waals surface area contributed by atoms with Crippen LogP contribution in [0.25, 0.3) is 4.85 Å². The zero-order valence-corrected chi connectivity index (χ0v) is 14.8. The lowest BCUT2D eigenvalue weighted by Crippen LogP contribution is -2.50. The summed E-state index contributed by atoms with van der Waals surface area (Å²) in [6, 6.07) is 4.09. The van der Waals surface area contributed by atoms with Gasteiger partial charge in [0.15, 0.2) is 0 Å². The van der Waals surface area contributed by atoms with Gasteiger partial charge in [-0.2, -0.15) is 0 Å². The number of anilines is 1. The van der Waals surface area contributed by atoms with Gasteiger partial charge < -0.3 is 9.80 Å². The minimum atomic E-state index is -0.257. The average Bonchev–Trinajstić information content (AvgIpc) is 2.98. The van der Waals surface area contributed by atoms with E-state index in [1.165, 1.54) is 32.1 Å². The molecule has 0 unspecified atom stereocenters. The van der Waals surface area contributed by atoms with Crippen LogP contribution in [0.5, 0.6) is 0 Å². The summed E-state index contributed by atoms with van der Waals surface area (Å²) in [5.41, 5.74) is 0.334. The number of nitrogens with zero attached hydrogens (tertiary/aromatic N) is 4. The van der Waals surface area contributed by atoms with Crippen LogP contribution in [-0.4, -0.2) is 41.5 Å². The highest BCUT2D eigenvalue weighted by molar-refractivity contribution is 5.86. The second-order valence-electron chi connectivity index (χ2n) is 7.80. The normalized spacial score (nSPS) is 27.7. The second kappa shape index (κ2) is 6.67. The first-order valence-corrected chi connectivity index (χ1v) is 9.62. The Labute approximate surface area is 149 Å². The van der Waals surface area contributed by atoms with E-state index in [2.05, 4.69) is 19.6 Å². The molecule has 1 saturated carbocycles. The van der Waals surface area contributed by atoms with Gasteiger partial charge in [0.2, 0.25) is 11.6 Å². The van der Waals surface area contributed by atoms with Crippen molar-refractivity contribution in [3.05, 3.63) is 29.7 Å². The lowest BCUT2D eigenvalue weighted by molar-refractivity contribution is -0.138. The van der Waals surface area contributed by atoms with Gasteiger partial charge in [-0.05, 0) is 32.1 Å². The molecule has 3 aliphatic rings. The number of pyridine rings is 1. The number of piperidine rings is 1. The fraction of sp³-hybridized carbons (Fsp3) is 0.650. The minimum absolute atomic E-state index is 0.257. The fourth-order valence-electron chi connectivity index (χ4n) is 5.00. The molecule has 0 bridgehead atoms. The van der Waals surface area contributed by atoms with Crippen molar-refractivity contribution in [1.29, 1.82) is 0 Å². The molecule has 5 nitrogen and oxygen atoms in total. The molecule has 1 aromatic heterocycles. The van der Waals surface area contributed by atoms with Gasteiger partial charge in [0.25, 0.3) is 0 Å². The van der Waals surface area contributed by atoms with Gasteiger partial charge in [-0.1, -0.05) is 31.4 Å². The highest BCUT2D eigenvalue weighted by Crippen LogP contribution is 2.44. The zero-order valence-electron chi connectivity index (χ0n) is 14.8. The molecule has 1 amide bonds. The number of carbonyl (C=O) groups is 1. The van der Waals surface area contributed by atoms with Crippen molar-refractivity contribution >= 4 is 17.4 Å². The number of amides is 1. The Morgan fingerprint density at radius 3 is 2.80 bits per heavy atom. The van der Waals surface area contributed by atoms with Gasteiger partial charge in [-0.15, -0.1) is 0 Å². The molecule has 5 heteroatoms. The molecule has 2 aliphatic heterocycles. The Morgan fingerprint density at radius 1 is 1.16 bits per heavy atom. The largest absolute Gasteiger partial charge is 0.364 e. The molecule has 1 aromatic rings. The van der Waals surface area contributed by atoms with E-state index in [9.17, 15) is 4.79 Å². The van der Waals surface area contributed by atoms with E-state index >= 15 is 0 Å². The number of likely N-dealkylation sites (tertiary alicyclic amines) is 1. The first kappa shape index (κ1) is 16.4. The standard InChI is InChI=1S/C20H26N4O/c1-21-17-9-5-12-22-18(17)23-13-6-10-20(15-23)11-14-24(19(20)25)16-7-3-2-4-8-16/h5,9,12,16H,2-4,6-8,10-11,13-15H2/t20-/m0/s1. The number of rotatable bonds is 2. The Kier molecular flexibility index (Phi) is 4.37. The first-order chi connectivity index (χ1) is 12.2. The van der Waals surface area contributed by atoms with Gasteiger partial charge in [0, 0.05) is 31.9 Å². The topological polar surface area (TPSA) is 40.8 Å². The maximum absolute atomic E-state index is 13.3. The Morgan fingerprint density at radius 2 is 2.00 bits per heavy atom. The van der Waals surface area contributed by atoms with Crippen molar-refractivity contribution in [2.75, 3.05) is 24.5 Å². The van der Waals surface area contributed by atoms with E-state index in [0.29, 0.717) is 24.2 Å². The molecule has 0 radical (unpaired) electrons. The first-order valence-electron chi connectivity index (χ1n) is 9.62. The summed E-state index contributed by atoms with van der Waals surface area (Å²) in [5, 5.41) is 0. The van der Waals surface area contributed by atoms with Gasteiger partial charge in [-0.25, -0.2) is 4.85 Å². The number of hydrogen-bond acceptors (Lipinski definition) is 3. The maximum Gasteiger partial charge on any atom is 0.230 e. The van der Waals surface area contributed by atoms with E-state index in [0.717, 1.165) is 38.2 Å². The lowest BCUT2D eigenvalue weighted by atomic mass is 9.78. The van der Waals surface area contributed by atoms with E-state index in [4.69, 9.17) is 6.57 Å². The number of aromatic nitrogens is 1. The van der Waals surface area contributed by atoms with Crippen LogP contribution in [0, 0.1) is 12.0 Å². The molecular weight excluding hydrogens is 312 g/mol. The van der Waals surface area contributed by atoms with Crippen molar-refractivity contribution in [3.8, 4) is 0 Å². The highest BCUT2D eigenvalue weighted by atomic mass is 16.2. The maximum atomic E-state index is 13.3. The van der Waals surface area contributed by atoms with Crippen molar-refractivity contribution in [3.63, 3.8) is 0 Å². The lowest BCUT2D eigenvalue weighted by Gasteiger charge is -2.41. The SMILES string of the molecule is [C-]#[N+]c1cccnc1N1CCC[C@]2(CCN(C3CCCCC3)C2=O)C1. The monoisotopic (exact) mass is 338 g/mol. The minimum Gasteiger partial charge on any atom is -0.364 e. The molecule has 25 heavy (non-hydrogen) atoms. The van der Waals surface area contributed by atoms with Gasteiger partial charge in [0.1, 0.15) is 5.82 Å². The van der Waals surface area contributed by atoms with Gasteiger partial charge in [0.05, 0.1) is 12.0 Å². The van der Waals surface area contributed by atoms with Crippen molar-refractivity contribution in [2.24, 2.45) is 5.41 Å². The number of carbonyl (C=O) groups excluding carboxylic acids is 1. The molecule has 3 fully saturated rings. The van der Waals surface area contributed by atoms with Gasteiger partial charge in [-0.3, -0.25) is 9.78 Å². The van der Waals surface area contributed by atoms with Gasteiger partial charge >= 0.3 is 0 Å². The molecule has 3 heterocycles. The van der Waals surface area contributed by atoms with Crippen LogP contribution in [0.2, 0.25) is 0 Å². The molecule has 1 spiro atoms. The van der Waals surface area contributed by atoms with Crippen LogP contribution in [0.3, 0.4) is 0 Å². The zero-order chi connectivity index (χ0) is 17.3. The van der Waals surface area contributed by atoms with Crippen molar-refractivity contribution in [1.82, 2.24) is 9.88 Å². The summed E-state index contributed by atoms with van der Waals surface area (Å²) in [5.74, 6) is 1.12.